The van der Waals surface area contributed by atoms with E-state index in [1.165, 1.54) is 27.7 Å². The summed E-state index contributed by atoms with van der Waals surface area (Å²) in [5, 5.41) is 16.9. The topological polar surface area (TPSA) is 91.3 Å². The normalized spacial score (nSPS) is 27.1. The second-order valence-electron chi connectivity index (χ2n) is 21.4. The first kappa shape index (κ1) is 45.6. The average molecular weight is 885 g/mol. The molecule has 4 aromatic carbocycles. The predicted octanol–water partition coefficient (Wildman–Crippen LogP) is 8.44. The van der Waals surface area contributed by atoms with Crippen molar-refractivity contribution in [2.45, 2.75) is 141 Å². The van der Waals surface area contributed by atoms with Gasteiger partial charge in [-0.1, -0.05) is 177 Å². The second kappa shape index (κ2) is 17.1. The van der Waals surface area contributed by atoms with E-state index in [1.54, 1.807) is 0 Å². The van der Waals surface area contributed by atoms with Crippen molar-refractivity contribution in [2.24, 2.45) is 17.3 Å². The fraction of sp³-hybridized carbons (Fsp3) is 0.481. The molecule has 2 heterocycles. The van der Waals surface area contributed by atoms with Crippen molar-refractivity contribution >= 4 is 49.1 Å². The summed E-state index contributed by atoms with van der Waals surface area (Å²) in [7, 11) is -5.72. The number of ketones is 1. The van der Waals surface area contributed by atoms with E-state index in [-0.39, 0.29) is 27.9 Å². The molecule has 2 fully saturated rings. The van der Waals surface area contributed by atoms with E-state index < -0.39 is 57.8 Å². The van der Waals surface area contributed by atoms with Crippen LogP contribution in [0.4, 0.5) is 0 Å². The van der Waals surface area contributed by atoms with E-state index >= 15 is 0 Å². The van der Waals surface area contributed by atoms with Crippen LogP contribution >= 0.6 is 0 Å². The summed E-state index contributed by atoms with van der Waals surface area (Å²) >= 11 is 0. The predicted molar refractivity (Wildman–Crippen MR) is 256 cm³/mol. The number of rotatable bonds is 12. The quantitative estimate of drug-likeness (QED) is 0.0868. The zero-order chi connectivity index (χ0) is 45.0. The first-order valence-corrected chi connectivity index (χ1v) is 27.0. The van der Waals surface area contributed by atoms with Gasteiger partial charge in [0, 0.05) is 36.9 Å². The van der Waals surface area contributed by atoms with Gasteiger partial charge in [-0.05, 0) is 74.4 Å². The first-order valence-electron chi connectivity index (χ1n) is 23.2. The van der Waals surface area contributed by atoms with Crippen LogP contribution in [0.1, 0.15) is 101 Å². The number of esters is 1. The van der Waals surface area contributed by atoms with Crippen LogP contribution in [0.2, 0.25) is 10.1 Å². The zero-order valence-electron chi connectivity index (χ0n) is 38.9. The van der Waals surface area contributed by atoms with E-state index in [0.717, 1.165) is 24.8 Å². The minimum Gasteiger partial charge on any atom is -0.455 e. The van der Waals surface area contributed by atoms with Crippen LogP contribution in [-0.4, -0.2) is 70.1 Å². The lowest BCUT2D eigenvalue weighted by molar-refractivity contribution is -0.167. The minimum atomic E-state index is -3.03. The molecule has 0 saturated carbocycles. The third-order valence-corrected chi connectivity index (χ3v) is 25.2. The Morgan fingerprint density at radius 2 is 1.24 bits per heavy atom. The molecular formula is C54H68O7Si2. The van der Waals surface area contributed by atoms with E-state index in [1.807, 2.05) is 12.1 Å². The average Bonchev–Trinajstić information content (AvgIpc) is 3.73. The van der Waals surface area contributed by atoms with E-state index in [2.05, 4.69) is 165 Å². The number of hydrogen-bond acceptors (Lipinski definition) is 7. The molecule has 1 N–H and O–H groups in total. The Morgan fingerprint density at radius 3 is 1.70 bits per heavy atom. The Kier molecular flexibility index (Phi) is 12.4. The molecule has 7 atom stereocenters. The van der Waals surface area contributed by atoms with Crippen LogP contribution in [0.15, 0.2) is 132 Å². The van der Waals surface area contributed by atoms with Crippen molar-refractivity contribution in [3.8, 4) is 0 Å². The lowest BCUT2D eigenvalue weighted by Gasteiger charge is -2.50. The molecule has 2 bridgehead atoms. The van der Waals surface area contributed by atoms with Gasteiger partial charge in [0.05, 0.1) is 12.2 Å². The molecule has 2 aliphatic heterocycles. The fourth-order valence-electron chi connectivity index (χ4n) is 12.6. The van der Waals surface area contributed by atoms with Crippen molar-refractivity contribution in [1.29, 1.82) is 0 Å². The van der Waals surface area contributed by atoms with Gasteiger partial charge in [0.2, 0.25) is 0 Å². The van der Waals surface area contributed by atoms with Gasteiger partial charge in [-0.15, -0.1) is 0 Å². The van der Waals surface area contributed by atoms with Crippen molar-refractivity contribution in [1.82, 2.24) is 0 Å². The highest BCUT2D eigenvalue weighted by molar-refractivity contribution is 7.00. The molecule has 1 spiro atoms. The summed E-state index contributed by atoms with van der Waals surface area (Å²) in [5.74, 6) is -1.05. The third-order valence-electron chi connectivity index (χ3n) is 15.1. The van der Waals surface area contributed by atoms with Gasteiger partial charge in [0.25, 0.3) is 16.6 Å². The molecule has 63 heavy (non-hydrogen) atoms. The number of carbonyl (C=O) groups excluding carboxylic acids is 2. The number of benzene rings is 4. The van der Waals surface area contributed by atoms with Crippen LogP contribution in [0, 0.1) is 17.3 Å². The van der Waals surface area contributed by atoms with Gasteiger partial charge >= 0.3 is 5.97 Å². The Hall–Kier alpha value is -3.97. The van der Waals surface area contributed by atoms with Crippen molar-refractivity contribution in [3.05, 3.63) is 132 Å². The summed E-state index contributed by atoms with van der Waals surface area (Å²) in [6.45, 7) is 20.0. The monoisotopic (exact) mass is 884 g/mol. The smallest absolute Gasteiger partial charge is 0.303 e. The standard InChI is InChI=1S/C54H68O7Si2/c1-37(55)59-49-43-33-32-38(23-22-34-58-62(51(2,3)4,39-24-14-10-15-25-39)40-26-16-11-17-27-40)35-44(43)46(56)47(57)48-53(8,9)50-45(36-54(48,49)60-50)61-63(52(5,6)7,41-28-18-12-19-29-41)42-30-20-13-21-31-42/h10-21,24-31,38,45,47-50,57H,22-23,32-36H2,1-9H3/t38?,45-,47-,48-,49-,50-,54+/m0/s1. The van der Waals surface area contributed by atoms with Crippen molar-refractivity contribution in [2.75, 3.05) is 6.61 Å². The number of fused-ring (bicyclic) bond motifs is 1. The highest BCUT2D eigenvalue weighted by Crippen LogP contribution is 2.65. The van der Waals surface area contributed by atoms with E-state index in [9.17, 15) is 14.7 Å². The molecule has 9 heteroatoms. The molecule has 0 aromatic heterocycles. The van der Waals surface area contributed by atoms with Crippen LogP contribution in [0.25, 0.3) is 0 Å². The van der Waals surface area contributed by atoms with E-state index in [0.29, 0.717) is 31.4 Å². The number of hydrogen-bond donors (Lipinski definition) is 1. The Labute approximate surface area is 377 Å². The molecule has 0 radical (unpaired) electrons. The van der Waals surface area contributed by atoms with E-state index in [4.69, 9.17) is 18.3 Å². The number of carbonyl (C=O) groups is 2. The van der Waals surface area contributed by atoms with Gasteiger partial charge in [-0.2, -0.15) is 0 Å². The maximum atomic E-state index is 14.8. The highest BCUT2D eigenvalue weighted by Gasteiger charge is 2.75. The highest BCUT2D eigenvalue weighted by atomic mass is 28.4. The van der Waals surface area contributed by atoms with Crippen LogP contribution in [0.3, 0.4) is 0 Å². The van der Waals surface area contributed by atoms with Gasteiger partial charge in [0.15, 0.2) is 11.9 Å². The molecule has 4 aromatic rings. The summed E-state index contributed by atoms with van der Waals surface area (Å²) < 4.78 is 28.7. The molecule has 7 nitrogen and oxygen atoms in total. The first-order chi connectivity index (χ1) is 29.9. The summed E-state index contributed by atoms with van der Waals surface area (Å²) in [6, 6.07) is 42.6. The summed E-state index contributed by atoms with van der Waals surface area (Å²) in [5.41, 5.74) is -0.389. The molecule has 4 aliphatic rings. The van der Waals surface area contributed by atoms with Gasteiger partial charge in [0.1, 0.15) is 11.7 Å². The molecular weight excluding hydrogens is 817 g/mol. The number of Topliss-reactive ketones (excluding diaryl/α,β-unsaturated/α-hetero) is 1. The Morgan fingerprint density at radius 1 is 0.762 bits per heavy atom. The maximum absolute atomic E-state index is 14.8. The number of ether oxygens (including phenoxy) is 2. The molecule has 8 rings (SSSR count). The lowest BCUT2D eigenvalue weighted by atomic mass is 9.59. The lowest BCUT2D eigenvalue weighted by Crippen LogP contribution is -2.69. The zero-order valence-corrected chi connectivity index (χ0v) is 40.9. The number of aliphatic hydroxyl groups is 1. The fourth-order valence-corrected chi connectivity index (χ4v) is 21.9. The molecule has 1 unspecified atom stereocenters. The molecule has 334 valence electrons. The molecule has 2 saturated heterocycles. The third kappa shape index (κ3) is 7.68. The maximum Gasteiger partial charge on any atom is 0.303 e. The summed E-state index contributed by atoms with van der Waals surface area (Å²) in [6.07, 6.45) is 1.14. The molecule has 0 amide bonds. The Balaban J connectivity index is 1.09. The largest absolute Gasteiger partial charge is 0.455 e. The van der Waals surface area contributed by atoms with Crippen LogP contribution in [-0.2, 0) is 27.9 Å². The van der Waals surface area contributed by atoms with Crippen LogP contribution in [0.5, 0.6) is 0 Å². The van der Waals surface area contributed by atoms with Crippen LogP contribution < -0.4 is 20.7 Å². The number of aliphatic hydroxyl groups excluding tert-OH is 1. The summed E-state index contributed by atoms with van der Waals surface area (Å²) in [4.78, 5) is 28.0. The van der Waals surface area contributed by atoms with Gasteiger partial charge in [-0.25, -0.2) is 0 Å². The molecule has 2 aliphatic carbocycles. The minimum absolute atomic E-state index is 0.120. The van der Waals surface area contributed by atoms with Gasteiger partial charge < -0.3 is 23.4 Å². The van der Waals surface area contributed by atoms with Gasteiger partial charge in [-0.3, -0.25) is 9.59 Å². The van der Waals surface area contributed by atoms with Crippen molar-refractivity contribution in [3.63, 3.8) is 0 Å². The Bertz CT molecular complexity index is 2200. The SMILES string of the molecule is CC(=O)O[C@H]1C2=C(CC(CCCO[Si](c3ccccc3)(c3ccccc3)C(C)(C)C)CC2)C(=O)[C@H](O)[C@H]2C(C)(C)[C@H]3O[C@@]12C[C@@H]3O[Si](c1ccccc1)(c1ccccc1)C(C)(C)C. The van der Waals surface area contributed by atoms with Crippen molar-refractivity contribution < 1.29 is 33.0 Å². The second-order valence-corrected chi connectivity index (χ2v) is 29.9.